The number of fused-ring (bicyclic) bond motifs is 2. The molecule has 0 spiro atoms. The van der Waals surface area contributed by atoms with Gasteiger partial charge in [0.25, 0.3) is 11.8 Å². The molecule has 0 unspecified atom stereocenters. The fourth-order valence-corrected chi connectivity index (χ4v) is 4.26. The predicted octanol–water partition coefficient (Wildman–Crippen LogP) is 4.49. The SMILES string of the molecule is CCN1c2cc(C(=O)Nc3ccc(Br)cc3)ccc2C(=O)N2CCCC[C@@H]21. The first-order valence-corrected chi connectivity index (χ1v) is 10.2. The number of hydrogen-bond acceptors (Lipinski definition) is 3. The van der Waals surface area contributed by atoms with Gasteiger partial charge >= 0.3 is 0 Å². The molecule has 4 rings (SSSR count). The minimum Gasteiger partial charge on any atom is -0.351 e. The molecular formula is C21H22BrN3O2. The zero-order valence-corrected chi connectivity index (χ0v) is 16.8. The molecule has 2 amide bonds. The molecule has 0 bridgehead atoms. The van der Waals surface area contributed by atoms with Crippen molar-refractivity contribution in [3.8, 4) is 0 Å². The highest BCUT2D eigenvalue weighted by atomic mass is 79.9. The number of nitrogens with zero attached hydrogens (tertiary/aromatic N) is 2. The molecule has 2 aliphatic heterocycles. The van der Waals surface area contributed by atoms with Gasteiger partial charge in [-0.05, 0) is 68.7 Å². The van der Waals surface area contributed by atoms with Crippen molar-refractivity contribution in [1.82, 2.24) is 4.90 Å². The maximum atomic E-state index is 12.9. The second-order valence-electron chi connectivity index (χ2n) is 6.95. The predicted molar refractivity (Wildman–Crippen MR) is 110 cm³/mol. The summed E-state index contributed by atoms with van der Waals surface area (Å²) in [6.45, 7) is 3.71. The third kappa shape index (κ3) is 3.34. The van der Waals surface area contributed by atoms with E-state index in [9.17, 15) is 9.59 Å². The normalized spacial score (nSPS) is 18.7. The van der Waals surface area contributed by atoms with E-state index in [-0.39, 0.29) is 18.0 Å². The van der Waals surface area contributed by atoms with Crippen molar-refractivity contribution in [1.29, 1.82) is 0 Å². The van der Waals surface area contributed by atoms with Gasteiger partial charge in [0.05, 0.1) is 11.3 Å². The van der Waals surface area contributed by atoms with E-state index in [2.05, 4.69) is 33.1 Å². The average Bonchev–Trinajstić information content (AvgIpc) is 2.70. The first-order chi connectivity index (χ1) is 13.1. The molecule has 1 saturated heterocycles. The van der Waals surface area contributed by atoms with Crippen LogP contribution in [0.4, 0.5) is 11.4 Å². The van der Waals surface area contributed by atoms with Crippen LogP contribution >= 0.6 is 15.9 Å². The lowest BCUT2D eigenvalue weighted by Gasteiger charge is -2.47. The summed E-state index contributed by atoms with van der Waals surface area (Å²) >= 11 is 3.39. The Morgan fingerprint density at radius 2 is 1.96 bits per heavy atom. The molecule has 0 aliphatic carbocycles. The zero-order chi connectivity index (χ0) is 19.0. The molecule has 2 aromatic carbocycles. The molecule has 0 aromatic heterocycles. The van der Waals surface area contributed by atoms with Gasteiger partial charge in [-0.3, -0.25) is 9.59 Å². The van der Waals surface area contributed by atoms with E-state index < -0.39 is 0 Å². The summed E-state index contributed by atoms with van der Waals surface area (Å²) in [4.78, 5) is 29.9. The number of amides is 2. The van der Waals surface area contributed by atoms with Gasteiger partial charge in [-0.1, -0.05) is 15.9 Å². The second-order valence-corrected chi connectivity index (χ2v) is 7.87. The van der Waals surface area contributed by atoms with Crippen LogP contribution in [0.15, 0.2) is 46.9 Å². The molecule has 140 valence electrons. The molecule has 6 heteroatoms. The van der Waals surface area contributed by atoms with Crippen LogP contribution in [0.25, 0.3) is 0 Å². The van der Waals surface area contributed by atoms with E-state index in [1.54, 1.807) is 12.1 Å². The van der Waals surface area contributed by atoms with Crippen molar-refractivity contribution in [2.75, 3.05) is 23.3 Å². The number of carbonyl (C=O) groups is 2. The number of anilines is 2. The summed E-state index contributed by atoms with van der Waals surface area (Å²) in [5.74, 6) is -0.0889. The molecule has 2 aromatic rings. The number of benzene rings is 2. The first-order valence-electron chi connectivity index (χ1n) is 9.37. The van der Waals surface area contributed by atoms with E-state index in [0.717, 1.165) is 48.2 Å². The summed E-state index contributed by atoms with van der Waals surface area (Å²) in [7, 11) is 0. The van der Waals surface area contributed by atoms with E-state index in [1.807, 2.05) is 35.2 Å². The highest BCUT2D eigenvalue weighted by Crippen LogP contribution is 2.35. The molecule has 0 radical (unpaired) electrons. The van der Waals surface area contributed by atoms with Gasteiger partial charge in [-0.25, -0.2) is 0 Å². The summed E-state index contributed by atoms with van der Waals surface area (Å²) in [6.07, 6.45) is 3.27. The van der Waals surface area contributed by atoms with Crippen LogP contribution in [-0.2, 0) is 0 Å². The van der Waals surface area contributed by atoms with Gasteiger partial charge in [-0.2, -0.15) is 0 Å². The van der Waals surface area contributed by atoms with Gasteiger partial charge in [-0.15, -0.1) is 0 Å². The minimum absolute atomic E-state index is 0.0827. The first kappa shape index (κ1) is 18.0. The monoisotopic (exact) mass is 427 g/mol. The minimum atomic E-state index is -0.172. The molecular weight excluding hydrogens is 406 g/mol. The Hall–Kier alpha value is -2.34. The number of carbonyl (C=O) groups excluding carboxylic acids is 2. The van der Waals surface area contributed by atoms with Crippen molar-refractivity contribution in [3.05, 3.63) is 58.1 Å². The van der Waals surface area contributed by atoms with E-state index in [0.29, 0.717) is 11.1 Å². The second kappa shape index (κ2) is 7.35. The highest BCUT2D eigenvalue weighted by Gasteiger charge is 2.38. The zero-order valence-electron chi connectivity index (χ0n) is 15.2. The average molecular weight is 428 g/mol. The Morgan fingerprint density at radius 3 is 2.70 bits per heavy atom. The maximum Gasteiger partial charge on any atom is 0.257 e. The van der Waals surface area contributed by atoms with Crippen LogP contribution in [0, 0.1) is 0 Å². The van der Waals surface area contributed by atoms with Gasteiger partial charge in [0.15, 0.2) is 0 Å². The fourth-order valence-electron chi connectivity index (χ4n) is 4.00. The van der Waals surface area contributed by atoms with E-state index in [4.69, 9.17) is 0 Å². The van der Waals surface area contributed by atoms with Crippen molar-refractivity contribution >= 4 is 39.1 Å². The van der Waals surface area contributed by atoms with E-state index in [1.165, 1.54) is 0 Å². The molecule has 0 saturated carbocycles. The third-order valence-electron chi connectivity index (χ3n) is 5.33. The smallest absolute Gasteiger partial charge is 0.257 e. The largest absolute Gasteiger partial charge is 0.351 e. The van der Waals surface area contributed by atoms with Gasteiger partial charge < -0.3 is 15.1 Å². The van der Waals surface area contributed by atoms with Crippen LogP contribution in [0.2, 0.25) is 0 Å². The summed E-state index contributed by atoms with van der Waals surface area (Å²) in [5.41, 5.74) is 2.86. The molecule has 27 heavy (non-hydrogen) atoms. The maximum absolute atomic E-state index is 12.9. The van der Waals surface area contributed by atoms with E-state index >= 15 is 0 Å². The van der Waals surface area contributed by atoms with Crippen molar-refractivity contribution < 1.29 is 9.59 Å². The fraction of sp³-hybridized carbons (Fsp3) is 0.333. The Kier molecular flexibility index (Phi) is 4.91. The third-order valence-corrected chi connectivity index (χ3v) is 5.86. The number of rotatable bonds is 3. The van der Waals surface area contributed by atoms with Crippen molar-refractivity contribution in [2.24, 2.45) is 0 Å². The van der Waals surface area contributed by atoms with Gasteiger partial charge in [0, 0.05) is 28.8 Å². The Balaban J connectivity index is 1.65. The summed E-state index contributed by atoms with van der Waals surface area (Å²) < 4.78 is 0.961. The Morgan fingerprint density at radius 1 is 1.19 bits per heavy atom. The lowest BCUT2D eigenvalue weighted by molar-refractivity contribution is 0.0582. The lowest BCUT2D eigenvalue weighted by atomic mass is 9.97. The quantitative estimate of drug-likeness (QED) is 0.784. The van der Waals surface area contributed by atoms with Gasteiger partial charge in [0.2, 0.25) is 0 Å². The topological polar surface area (TPSA) is 52.7 Å². The van der Waals surface area contributed by atoms with Crippen molar-refractivity contribution in [3.63, 3.8) is 0 Å². The number of hydrogen-bond donors (Lipinski definition) is 1. The van der Waals surface area contributed by atoms with Crippen LogP contribution in [0.5, 0.6) is 0 Å². The van der Waals surface area contributed by atoms with Crippen LogP contribution in [-0.4, -0.2) is 36.0 Å². The van der Waals surface area contributed by atoms with Crippen LogP contribution in [0.3, 0.4) is 0 Å². The summed E-state index contributed by atoms with van der Waals surface area (Å²) in [6, 6.07) is 12.9. The Bertz CT molecular complexity index is 881. The highest BCUT2D eigenvalue weighted by molar-refractivity contribution is 9.10. The van der Waals surface area contributed by atoms with Crippen LogP contribution in [0.1, 0.15) is 46.9 Å². The molecule has 1 fully saturated rings. The molecule has 1 atom stereocenters. The molecule has 1 N–H and O–H groups in total. The molecule has 5 nitrogen and oxygen atoms in total. The van der Waals surface area contributed by atoms with Crippen LogP contribution < -0.4 is 10.2 Å². The standard InChI is InChI=1S/C21H22BrN3O2/c1-2-24-18-13-14(20(26)23-16-9-7-15(22)8-10-16)6-11-17(18)21(27)25-12-4-3-5-19(24)25/h6-11,13,19H,2-5,12H2,1H3,(H,23,26)/t19-/m1/s1. The Labute approximate surface area is 167 Å². The van der Waals surface area contributed by atoms with Crippen molar-refractivity contribution in [2.45, 2.75) is 32.4 Å². The number of piperidine rings is 1. The summed E-state index contributed by atoms with van der Waals surface area (Å²) in [5, 5.41) is 2.92. The number of nitrogens with one attached hydrogen (secondary N) is 1. The molecule has 2 aliphatic rings. The van der Waals surface area contributed by atoms with Gasteiger partial charge in [0.1, 0.15) is 6.17 Å². The lowest BCUT2D eigenvalue weighted by Crippen LogP contribution is -2.57. The number of halogens is 1. The molecule has 2 heterocycles.